The lowest BCUT2D eigenvalue weighted by Crippen LogP contribution is -2.24. The van der Waals surface area contributed by atoms with Crippen LogP contribution in [0.1, 0.15) is 41.6 Å². The van der Waals surface area contributed by atoms with E-state index in [2.05, 4.69) is 5.32 Å². The highest BCUT2D eigenvalue weighted by Gasteiger charge is 2.12. The monoisotopic (exact) mass is 224 g/mol. The molecule has 0 fully saturated rings. The van der Waals surface area contributed by atoms with Crippen molar-refractivity contribution < 1.29 is 9.21 Å². The molecule has 4 nitrogen and oxygen atoms in total. The minimum Gasteiger partial charge on any atom is -0.456 e. The minimum atomic E-state index is -0.139. The van der Waals surface area contributed by atoms with Gasteiger partial charge in [0.15, 0.2) is 5.76 Å². The number of unbranched alkanes of at least 4 members (excludes halogenated alkanes) is 1. The summed E-state index contributed by atoms with van der Waals surface area (Å²) in [7, 11) is 0. The van der Waals surface area contributed by atoms with Gasteiger partial charge >= 0.3 is 0 Å². The summed E-state index contributed by atoms with van der Waals surface area (Å²) in [6.45, 7) is 5.27. The van der Waals surface area contributed by atoms with Crippen LogP contribution in [-0.4, -0.2) is 19.0 Å². The van der Waals surface area contributed by atoms with Gasteiger partial charge in [-0.1, -0.05) is 6.92 Å². The standard InChI is InChI=1S/C12H20N2O2/c1-3-10-9(2)8-11(16-10)12(15)14-7-5-4-6-13/h8H,3-7,13H2,1-2H3,(H,14,15). The van der Waals surface area contributed by atoms with Crippen molar-refractivity contribution in [3.05, 3.63) is 23.2 Å². The molecule has 1 heterocycles. The number of nitrogens with one attached hydrogen (secondary N) is 1. The van der Waals surface area contributed by atoms with Crippen LogP contribution in [-0.2, 0) is 6.42 Å². The Labute approximate surface area is 96.2 Å². The Morgan fingerprint density at radius 3 is 2.81 bits per heavy atom. The SMILES string of the molecule is CCc1oc(C(=O)NCCCCN)cc1C. The summed E-state index contributed by atoms with van der Waals surface area (Å²) in [5, 5.41) is 2.81. The molecular weight excluding hydrogens is 204 g/mol. The van der Waals surface area contributed by atoms with Crippen molar-refractivity contribution in [2.24, 2.45) is 5.73 Å². The fraction of sp³-hybridized carbons (Fsp3) is 0.583. The summed E-state index contributed by atoms with van der Waals surface area (Å²) in [5.41, 5.74) is 6.40. The molecule has 3 N–H and O–H groups in total. The molecule has 1 amide bonds. The lowest BCUT2D eigenvalue weighted by molar-refractivity contribution is 0.0923. The first-order valence-corrected chi connectivity index (χ1v) is 5.76. The first kappa shape index (κ1) is 12.8. The Hall–Kier alpha value is -1.29. The van der Waals surface area contributed by atoms with Gasteiger partial charge in [0.05, 0.1) is 0 Å². The third-order valence-electron chi connectivity index (χ3n) is 2.48. The van der Waals surface area contributed by atoms with Crippen molar-refractivity contribution in [1.82, 2.24) is 5.32 Å². The predicted octanol–water partition coefficient (Wildman–Crippen LogP) is 1.62. The van der Waals surface area contributed by atoms with Crippen molar-refractivity contribution in [2.45, 2.75) is 33.1 Å². The molecule has 0 aliphatic rings. The largest absolute Gasteiger partial charge is 0.456 e. The van der Waals surface area contributed by atoms with Gasteiger partial charge in [0.25, 0.3) is 5.91 Å². The van der Waals surface area contributed by atoms with Crippen molar-refractivity contribution in [3.8, 4) is 0 Å². The number of rotatable bonds is 6. The van der Waals surface area contributed by atoms with E-state index >= 15 is 0 Å². The first-order chi connectivity index (χ1) is 7.69. The Kier molecular flexibility index (Phi) is 5.05. The second kappa shape index (κ2) is 6.33. The van der Waals surface area contributed by atoms with Gasteiger partial charge in [0, 0.05) is 13.0 Å². The lowest BCUT2D eigenvalue weighted by Gasteiger charge is -2.01. The molecule has 1 rings (SSSR count). The number of aryl methyl sites for hydroxylation is 2. The van der Waals surface area contributed by atoms with E-state index in [4.69, 9.17) is 10.2 Å². The second-order valence-electron chi connectivity index (χ2n) is 3.82. The molecule has 0 spiro atoms. The molecule has 0 aromatic carbocycles. The molecule has 16 heavy (non-hydrogen) atoms. The fourth-order valence-electron chi connectivity index (χ4n) is 1.54. The van der Waals surface area contributed by atoms with Crippen LogP contribution in [0.4, 0.5) is 0 Å². The van der Waals surface area contributed by atoms with Crippen LogP contribution in [0.25, 0.3) is 0 Å². The van der Waals surface area contributed by atoms with Crippen LogP contribution in [0.5, 0.6) is 0 Å². The molecule has 90 valence electrons. The quantitative estimate of drug-likeness (QED) is 0.721. The van der Waals surface area contributed by atoms with Gasteiger partial charge in [-0.3, -0.25) is 4.79 Å². The Morgan fingerprint density at radius 1 is 1.50 bits per heavy atom. The van der Waals surface area contributed by atoms with Gasteiger partial charge in [-0.2, -0.15) is 0 Å². The third kappa shape index (κ3) is 3.38. The zero-order valence-electron chi connectivity index (χ0n) is 10.0. The number of hydrogen-bond donors (Lipinski definition) is 2. The van der Waals surface area contributed by atoms with Crippen LogP contribution in [0.2, 0.25) is 0 Å². The highest BCUT2D eigenvalue weighted by Crippen LogP contribution is 2.14. The molecule has 0 atom stereocenters. The third-order valence-corrected chi connectivity index (χ3v) is 2.48. The maximum absolute atomic E-state index is 11.7. The second-order valence-corrected chi connectivity index (χ2v) is 3.82. The molecular formula is C12H20N2O2. The number of carbonyl (C=O) groups excluding carboxylic acids is 1. The average Bonchev–Trinajstić information content (AvgIpc) is 2.66. The molecule has 0 saturated heterocycles. The van der Waals surface area contributed by atoms with Crippen molar-refractivity contribution in [2.75, 3.05) is 13.1 Å². The topological polar surface area (TPSA) is 68.3 Å². The fourth-order valence-corrected chi connectivity index (χ4v) is 1.54. The van der Waals surface area contributed by atoms with E-state index in [-0.39, 0.29) is 5.91 Å². The number of furan rings is 1. The number of amides is 1. The van der Waals surface area contributed by atoms with E-state index in [1.54, 1.807) is 6.07 Å². The summed E-state index contributed by atoms with van der Waals surface area (Å²) in [6, 6.07) is 1.79. The molecule has 0 unspecified atom stereocenters. The highest BCUT2D eigenvalue weighted by atomic mass is 16.4. The van der Waals surface area contributed by atoms with Gasteiger partial charge in [-0.05, 0) is 37.9 Å². The minimum absolute atomic E-state index is 0.139. The lowest BCUT2D eigenvalue weighted by atomic mass is 10.2. The van der Waals surface area contributed by atoms with E-state index in [1.807, 2.05) is 13.8 Å². The Bertz CT molecular complexity index is 345. The normalized spacial score (nSPS) is 10.4. The molecule has 4 heteroatoms. The molecule has 1 aromatic heterocycles. The number of carbonyl (C=O) groups is 1. The number of hydrogen-bond acceptors (Lipinski definition) is 3. The van der Waals surface area contributed by atoms with E-state index < -0.39 is 0 Å². The van der Waals surface area contributed by atoms with Crippen LogP contribution < -0.4 is 11.1 Å². The summed E-state index contributed by atoms with van der Waals surface area (Å²) in [6.07, 6.45) is 2.65. The Morgan fingerprint density at radius 2 is 2.25 bits per heavy atom. The highest BCUT2D eigenvalue weighted by molar-refractivity contribution is 5.91. The van der Waals surface area contributed by atoms with E-state index in [9.17, 15) is 4.79 Å². The van der Waals surface area contributed by atoms with Crippen LogP contribution in [0.3, 0.4) is 0 Å². The van der Waals surface area contributed by atoms with Crippen molar-refractivity contribution in [1.29, 1.82) is 0 Å². The molecule has 0 aliphatic heterocycles. The molecule has 1 aromatic rings. The van der Waals surface area contributed by atoms with Gasteiger partial charge in [0.1, 0.15) is 5.76 Å². The first-order valence-electron chi connectivity index (χ1n) is 5.76. The Balaban J connectivity index is 2.46. The summed E-state index contributed by atoms with van der Waals surface area (Å²) < 4.78 is 5.45. The van der Waals surface area contributed by atoms with Crippen molar-refractivity contribution in [3.63, 3.8) is 0 Å². The zero-order valence-corrected chi connectivity index (χ0v) is 10.0. The average molecular weight is 224 g/mol. The smallest absolute Gasteiger partial charge is 0.287 e. The molecule has 0 bridgehead atoms. The van der Waals surface area contributed by atoms with Gasteiger partial charge in [-0.15, -0.1) is 0 Å². The zero-order chi connectivity index (χ0) is 12.0. The van der Waals surface area contributed by atoms with E-state index in [1.165, 1.54) is 0 Å². The van der Waals surface area contributed by atoms with Gasteiger partial charge < -0.3 is 15.5 Å². The van der Waals surface area contributed by atoms with Crippen molar-refractivity contribution >= 4 is 5.91 Å². The van der Waals surface area contributed by atoms with Gasteiger partial charge in [0.2, 0.25) is 0 Å². The molecule has 0 radical (unpaired) electrons. The number of nitrogens with two attached hydrogens (primary N) is 1. The van der Waals surface area contributed by atoms with E-state index in [0.717, 1.165) is 30.6 Å². The van der Waals surface area contributed by atoms with E-state index in [0.29, 0.717) is 18.8 Å². The van der Waals surface area contributed by atoms with Crippen LogP contribution >= 0.6 is 0 Å². The summed E-state index contributed by atoms with van der Waals surface area (Å²) >= 11 is 0. The summed E-state index contributed by atoms with van der Waals surface area (Å²) in [4.78, 5) is 11.7. The maximum Gasteiger partial charge on any atom is 0.287 e. The summed E-state index contributed by atoms with van der Waals surface area (Å²) in [5.74, 6) is 1.15. The predicted molar refractivity (Wildman–Crippen MR) is 63.4 cm³/mol. The van der Waals surface area contributed by atoms with Crippen LogP contribution in [0.15, 0.2) is 10.5 Å². The van der Waals surface area contributed by atoms with Gasteiger partial charge in [-0.25, -0.2) is 0 Å². The molecule has 0 aliphatic carbocycles. The maximum atomic E-state index is 11.7. The van der Waals surface area contributed by atoms with Crippen LogP contribution in [0, 0.1) is 6.92 Å². The molecule has 0 saturated carbocycles.